The summed E-state index contributed by atoms with van der Waals surface area (Å²) in [6, 6.07) is 11.5. The van der Waals surface area contributed by atoms with Crippen LogP contribution in [0.2, 0.25) is 0 Å². The minimum atomic E-state index is -4.75. The van der Waals surface area contributed by atoms with Crippen LogP contribution in [0.15, 0.2) is 42.5 Å². The number of amides is 2. The zero-order chi connectivity index (χ0) is 26.0. The van der Waals surface area contributed by atoms with E-state index in [1.165, 1.54) is 19.1 Å². The molecule has 11 heteroatoms. The summed E-state index contributed by atoms with van der Waals surface area (Å²) >= 11 is 5.47. The number of benzene rings is 2. The Balaban J connectivity index is 1.69. The second-order valence-electron chi connectivity index (χ2n) is 8.38. The van der Waals surface area contributed by atoms with Gasteiger partial charge in [0.15, 0.2) is 5.11 Å². The van der Waals surface area contributed by atoms with Crippen molar-refractivity contribution in [3.8, 4) is 11.8 Å². The van der Waals surface area contributed by atoms with Gasteiger partial charge in [0.1, 0.15) is 11.3 Å². The fourth-order valence-corrected chi connectivity index (χ4v) is 4.20. The Morgan fingerprint density at radius 1 is 1.20 bits per heavy atom. The number of hydrogen-bond acceptors (Lipinski definition) is 5. The summed E-state index contributed by atoms with van der Waals surface area (Å²) in [4.78, 5) is 26.9. The minimum Gasteiger partial charge on any atom is -0.494 e. The van der Waals surface area contributed by atoms with Gasteiger partial charge >= 0.3 is 6.18 Å². The van der Waals surface area contributed by atoms with Gasteiger partial charge in [0, 0.05) is 19.2 Å². The lowest BCUT2D eigenvalue weighted by molar-refractivity contribution is -0.137. The lowest BCUT2D eigenvalue weighted by atomic mass is 10.0. The molecule has 1 aliphatic heterocycles. The molecule has 35 heavy (non-hydrogen) atoms. The van der Waals surface area contributed by atoms with Crippen molar-refractivity contribution in [1.29, 1.82) is 5.26 Å². The molecule has 7 nitrogen and oxygen atoms in total. The molecule has 1 heterocycles. The van der Waals surface area contributed by atoms with E-state index < -0.39 is 28.7 Å². The van der Waals surface area contributed by atoms with E-state index in [9.17, 15) is 22.8 Å². The van der Waals surface area contributed by atoms with Crippen LogP contribution in [0.25, 0.3) is 0 Å². The van der Waals surface area contributed by atoms with Crippen LogP contribution in [0.1, 0.15) is 38.3 Å². The maximum absolute atomic E-state index is 13.4. The van der Waals surface area contributed by atoms with Gasteiger partial charge in [-0.1, -0.05) is 0 Å². The van der Waals surface area contributed by atoms with Crippen molar-refractivity contribution in [2.75, 3.05) is 23.4 Å². The van der Waals surface area contributed by atoms with Crippen LogP contribution in [-0.4, -0.2) is 40.5 Å². The van der Waals surface area contributed by atoms with E-state index in [0.29, 0.717) is 31.0 Å². The lowest BCUT2D eigenvalue weighted by Crippen LogP contribution is -2.44. The van der Waals surface area contributed by atoms with Crippen LogP contribution < -0.4 is 15.0 Å². The van der Waals surface area contributed by atoms with Gasteiger partial charge in [-0.25, -0.2) is 0 Å². The highest BCUT2D eigenvalue weighted by Crippen LogP contribution is 2.37. The van der Waals surface area contributed by atoms with Gasteiger partial charge in [-0.15, -0.1) is 0 Å². The van der Waals surface area contributed by atoms with Crippen molar-refractivity contribution in [3.63, 3.8) is 0 Å². The number of rotatable bonds is 7. The third kappa shape index (κ3) is 5.54. The van der Waals surface area contributed by atoms with Gasteiger partial charge < -0.3 is 15.0 Å². The van der Waals surface area contributed by atoms with Gasteiger partial charge in [-0.3, -0.25) is 14.5 Å². The van der Waals surface area contributed by atoms with E-state index >= 15 is 0 Å². The van der Waals surface area contributed by atoms with Crippen LogP contribution in [0.3, 0.4) is 0 Å². The summed E-state index contributed by atoms with van der Waals surface area (Å²) in [5.74, 6) is -0.0470. The SMILES string of the molecule is CC(=O)Nc1ccc(OCCCN2C(=S)N(c3ccc(C#N)c(C(F)(F)F)c3)C(=O)C2(C)C)cc1. The Hall–Kier alpha value is -3.65. The number of nitriles is 1. The highest BCUT2D eigenvalue weighted by Gasteiger charge is 2.49. The number of carbonyl (C=O) groups excluding carboxylic acids is 2. The maximum Gasteiger partial charge on any atom is 0.417 e. The monoisotopic (exact) mass is 504 g/mol. The molecule has 2 aromatic carbocycles. The molecule has 0 spiro atoms. The predicted molar refractivity (Wildman–Crippen MR) is 128 cm³/mol. The van der Waals surface area contributed by atoms with E-state index in [0.717, 1.165) is 17.0 Å². The van der Waals surface area contributed by atoms with Gasteiger partial charge in [-0.05, 0) is 75.0 Å². The molecule has 0 atom stereocenters. The zero-order valence-corrected chi connectivity index (χ0v) is 20.1. The fourth-order valence-electron chi connectivity index (χ4n) is 3.69. The number of hydrogen-bond donors (Lipinski definition) is 1. The smallest absolute Gasteiger partial charge is 0.417 e. The highest BCUT2D eigenvalue weighted by molar-refractivity contribution is 7.80. The van der Waals surface area contributed by atoms with Crippen molar-refractivity contribution in [2.24, 2.45) is 0 Å². The number of carbonyl (C=O) groups is 2. The Bertz CT molecular complexity index is 1190. The summed E-state index contributed by atoms with van der Waals surface area (Å²) in [5.41, 5.74) is -2.13. The van der Waals surface area contributed by atoms with Crippen LogP contribution in [-0.2, 0) is 15.8 Å². The Labute approximate surface area is 206 Å². The van der Waals surface area contributed by atoms with Crippen LogP contribution >= 0.6 is 12.2 Å². The average Bonchev–Trinajstić information content (AvgIpc) is 2.95. The molecule has 1 fully saturated rings. The third-order valence-electron chi connectivity index (χ3n) is 5.48. The summed E-state index contributed by atoms with van der Waals surface area (Å²) < 4.78 is 46.0. The van der Waals surface area contributed by atoms with Crippen molar-refractivity contribution in [2.45, 2.75) is 38.9 Å². The van der Waals surface area contributed by atoms with Crippen LogP contribution in [0.5, 0.6) is 5.75 Å². The number of alkyl halides is 3. The molecule has 0 saturated carbocycles. The Morgan fingerprint density at radius 2 is 1.86 bits per heavy atom. The van der Waals surface area contributed by atoms with Crippen molar-refractivity contribution in [1.82, 2.24) is 4.90 Å². The number of thiocarbonyl (C=S) groups is 1. The maximum atomic E-state index is 13.4. The first-order valence-corrected chi connectivity index (χ1v) is 11.0. The minimum absolute atomic E-state index is 0.0441. The molecule has 2 aromatic rings. The van der Waals surface area contributed by atoms with Crippen molar-refractivity contribution in [3.05, 3.63) is 53.6 Å². The molecule has 184 valence electrons. The van der Waals surface area contributed by atoms with Crippen LogP contribution in [0.4, 0.5) is 24.5 Å². The summed E-state index contributed by atoms with van der Waals surface area (Å²) in [6.07, 6.45) is -4.27. The molecule has 0 aromatic heterocycles. The largest absolute Gasteiger partial charge is 0.494 e. The molecule has 1 N–H and O–H groups in total. The molecule has 0 radical (unpaired) electrons. The fraction of sp³-hybridized carbons (Fsp3) is 0.333. The van der Waals surface area contributed by atoms with Gasteiger partial charge in [0.2, 0.25) is 5.91 Å². The number of halogens is 3. The Kier molecular flexibility index (Phi) is 7.36. The second kappa shape index (κ2) is 9.92. The zero-order valence-electron chi connectivity index (χ0n) is 19.3. The molecule has 1 aliphatic rings. The number of ether oxygens (including phenoxy) is 1. The average molecular weight is 505 g/mol. The van der Waals surface area contributed by atoms with Gasteiger partial charge in [0.05, 0.1) is 29.5 Å². The van der Waals surface area contributed by atoms with E-state index in [1.54, 1.807) is 43.0 Å². The third-order valence-corrected chi connectivity index (χ3v) is 5.88. The summed E-state index contributed by atoms with van der Waals surface area (Å²) in [7, 11) is 0. The summed E-state index contributed by atoms with van der Waals surface area (Å²) in [6.45, 7) is 5.35. The molecule has 2 amide bonds. The van der Waals surface area contributed by atoms with E-state index in [1.807, 2.05) is 0 Å². The van der Waals surface area contributed by atoms with E-state index in [-0.39, 0.29) is 16.7 Å². The summed E-state index contributed by atoms with van der Waals surface area (Å²) in [5, 5.41) is 11.8. The normalized spacial score (nSPS) is 15.2. The molecular formula is C24H23F3N4O3S. The van der Waals surface area contributed by atoms with Crippen LogP contribution in [0, 0.1) is 11.3 Å². The quantitative estimate of drug-likeness (QED) is 0.434. The Morgan fingerprint density at radius 3 is 2.43 bits per heavy atom. The van der Waals surface area contributed by atoms with E-state index in [4.69, 9.17) is 22.2 Å². The first-order valence-electron chi connectivity index (χ1n) is 10.6. The van der Waals surface area contributed by atoms with Crippen molar-refractivity contribution >= 4 is 40.5 Å². The number of anilines is 2. The standard InChI is InChI=1S/C24H23F3N4O3S/c1-15(32)29-17-6-9-19(10-7-17)34-12-4-11-30-22(35)31(21(33)23(30,2)3)18-8-5-16(14-28)20(13-18)24(25,26)27/h5-10,13H,4,11-12H2,1-3H3,(H,29,32). The first kappa shape index (κ1) is 26.0. The molecule has 0 unspecified atom stereocenters. The molecule has 0 bridgehead atoms. The topological polar surface area (TPSA) is 85.7 Å². The second-order valence-corrected chi connectivity index (χ2v) is 8.75. The molecule has 3 rings (SSSR count). The molecular weight excluding hydrogens is 481 g/mol. The first-order chi connectivity index (χ1) is 16.4. The lowest BCUT2D eigenvalue weighted by Gasteiger charge is -2.29. The highest BCUT2D eigenvalue weighted by atomic mass is 32.1. The predicted octanol–water partition coefficient (Wildman–Crippen LogP) is 4.72. The number of nitrogens with zero attached hydrogens (tertiary/aromatic N) is 3. The molecule has 0 aliphatic carbocycles. The van der Waals surface area contributed by atoms with E-state index in [2.05, 4.69) is 5.32 Å². The van der Waals surface area contributed by atoms with Gasteiger partial charge in [0.25, 0.3) is 5.91 Å². The molecule has 1 saturated heterocycles. The van der Waals surface area contributed by atoms with Gasteiger partial charge in [-0.2, -0.15) is 18.4 Å². The van der Waals surface area contributed by atoms with Crippen molar-refractivity contribution < 1.29 is 27.5 Å². The number of nitrogens with one attached hydrogen (secondary N) is 1.